The van der Waals surface area contributed by atoms with Crippen molar-refractivity contribution in [2.45, 2.75) is 12.8 Å². The van der Waals surface area contributed by atoms with Crippen molar-refractivity contribution in [3.63, 3.8) is 0 Å². The Balaban J connectivity index is 1.95. The highest BCUT2D eigenvalue weighted by atomic mass is 19.1. The van der Waals surface area contributed by atoms with Gasteiger partial charge in [-0.25, -0.2) is 9.18 Å². The van der Waals surface area contributed by atoms with Gasteiger partial charge in [0.2, 0.25) is 0 Å². The van der Waals surface area contributed by atoms with Crippen molar-refractivity contribution in [3.8, 4) is 0 Å². The van der Waals surface area contributed by atoms with Crippen molar-refractivity contribution in [2.75, 3.05) is 25.0 Å². The lowest BCUT2D eigenvalue weighted by Gasteiger charge is -2.32. The molecular formula is C13H18FN3O. The van der Waals surface area contributed by atoms with Gasteiger partial charge in [-0.1, -0.05) is 6.07 Å². The van der Waals surface area contributed by atoms with E-state index in [-0.39, 0.29) is 11.8 Å². The van der Waals surface area contributed by atoms with Crippen LogP contribution in [0.3, 0.4) is 0 Å². The Morgan fingerprint density at radius 3 is 3.11 bits per heavy atom. The summed E-state index contributed by atoms with van der Waals surface area (Å²) in [6.07, 6.45) is 2.04. The zero-order valence-corrected chi connectivity index (χ0v) is 10.2. The topological polar surface area (TPSA) is 58.4 Å². The highest BCUT2D eigenvalue weighted by molar-refractivity contribution is 5.89. The number of carbonyl (C=O) groups excluding carboxylic acids is 1. The minimum Gasteiger partial charge on any atom is -0.330 e. The summed E-state index contributed by atoms with van der Waals surface area (Å²) in [5.74, 6) is 0.0169. The first kappa shape index (κ1) is 12.8. The van der Waals surface area contributed by atoms with E-state index in [1.807, 2.05) is 0 Å². The number of hydrogen-bond donors (Lipinski definition) is 2. The van der Waals surface area contributed by atoms with E-state index in [0.717, 1.165) is 19.4 Å². The minimum absolute atomic E-state index is 0.182. The van der Waals surface area contributed by atoms with Crippen LogP contribution in [0.1, 0.15) is 12.8 Å². The van der Waals surface area contributed by atoms with Crippen LogP contribution in [0.2, 0.25) is 0 Å². The third-order valence-electron chi connectivity index (χ3n) is 3.22. The molecule has 1 heterocycles. The number of nitrogens with one attached hydrogen (secondary N) is 1. The number of hydrogen-bond acceptors (Lipinski definition) is 2. The van der Waals surface area contributed by atoms with Crippen molar-refractivity contribution < 1.29 is 9.18 Å². The molecule has 1 fully saturated rings. The second-order valence-electron chi connectivity index (χ2n) is 4.63. The van der Waals surface area contributed by atoms with Crippen LogP contribution in [0.15, 0.2) is 24.3 Å². The lowest BCUT2D eigenvalue weighted by atomic mass is 9.99. The summed E-state index contributed by atoms with van der Waals surface area (Å²) >= 11 is 0. The van der Waals surface area contributed by atoms with E-state index in [1.54, 1.807) is 17.0 Å². The van der Waals surface area contributed by atoms with Gasteiger partial charge in [-0.05, 0) is 43.5 Å². The van der Waals surface area contributed by atoms with E-state index in [0.29, 0.717) is 24.7 Å². The standard InChI is InChI=1S/C13H18FN3O/c14-11-4-1-5-12(7-11)16-13(18)17-6-2-3-10(8-15)9-17/h1,4-5,7,10H,2-3,6,8-9,15H2,(H,16,18). The van der Waals surface area contributed by atoms with E-state index in [4.69, 9.17) is 5.73 Å². The predicted molar refractivity (Wildman–Crippen MR) is 68.8 cm³/mol. The minimum atomic E-state index is -0.355. The summed E-state index contributed by atoms with van der Waals surface area (Å²) in [4.78, 5) is 13.7. The SMILES string of the molecule is NCC1CCCN(C(=O)Nc2cccc(F)c2)C1. The number of urea groups is 1. The molecule has 1 aliphatic rings. The summed E-state index contributed by atoms with van der Waals surface area (Å²) in [5.41, 5.74) is 6.11. The largest absolute Gasteiger partial charge is 0.330 e. The zero-order chi connectivity index (χ0) is 13.0. The van der Waals surface area contributed by atoms with Crippen LogP contribution in [0, 0.1) is 11.7 Å². The predicted octanol–water partition coefficient (Wildman–Crippen LogP) is 2.03. The molecule has 4 nitrogen and oxygen atoms in total. The van der Waals surface area contributed by atoms with Crippen LogP contribution in [-0.4, -0.2) is 30.6 Å². The van der Waals surface area contributed by atoms with Crippen LogP contribution < -0.4 is 11.1 Å². The number of nitrogens with zero attached hydrogens (tertiary/aromatic N) is 1. The molecule has 0 saturated carbocycles. The number of carbonyl (C=O) groups is 1. The van der Waals surface area contributed by atoms with Gasteiger partial charge in [0, 0.05) is 18.8 Å². The molecule has 18 heavy (non-hydrogen) atoms. The number of benzene rings is 1. The Kier molecular flexibility index (Phi) is 4.15. The molecule has 5 heteroatoms. The molecule has 1 saturated heterocycles. The molecule has 1 aliphatic heterocycles. The first-order valence-corrected chi connectivity index (χ1v) is 6.20. The molecule has 0 radical (unpaired) electrons. The summed E-state index contributed by atoms with van der Waals surface area (Å²) < 4.78 is 13.0. The van der Waals surface area contributed by atoms with Crippen molar-refractivity contribution >= 4 is 11.7 Å². The maximum Gasteiger partial charge on any atom is 0.321 e. The zero-order valence-electron chi connectivity index (χ0n) is 10.2. The third-order valence-corrected chi connectivity index (χ3v) is 3.22. The molecule has 3 N–H and O–H groups in total. The summed E-state index contributed by atoms with van der Waals surface area (Å²) in [5, 5.41) is 2.70. The maximum absolute atomic E-state index is 13.0. The summed E-state index contributed by atoms with van der Waals surface area (Å²) in [7, 11) is 0. The van der Waals surface area contributed by atoms with Crippen molar-refractivity contribution in [1.82, 2.24) is 4.90 Å². The maximum atomic E-state index is 13.0. The van der Waals surface area contributed by atoms with Crippen LogP contribution in [0.5, 0.6) is 0 Å². The van der Waals surface area contributed by atoms with Gasteiger partial charge in [-0.3, -0.25) is 0 Å². The van der Waals surface area contributed by atoms with Crippen LogP contribution in [0.25, 0.3) is 0 Å². The number of anilines is 1. The number of nitrogens with two attached hydrogens (primary N) is 1. The molecular weight excluding hydrogens is 233 g/mol. The molecule has 0 aromatic heterocycles. The van der Waals surface area contributed by atoms with E-state index >= 15 is 0 Å². The molecule has 1 aromatic carbocycles. The lowest BCUT2D eigenvalue weighted by Crippen LogP contribution is -2.44. The van der Waals surface area contributed by atoms with Gasteiger partial charge in [0.05, 0.1) is 0 Å². The van der Waals surface area contributed by atoms with Gasteiger partial charge >= 0.3 is 6.03 Å². The normalized spacial score (nSPS) is 19.7. The van der Waals surface area contributed by atoms with Crippen LogP contribution >= 0.6 is 0 Å². The first-order valence-electron chi connectivity index (χ1n) is 6.20. The molecule has 2 amide bonds. The quantitative estimate of drug-likeness (QED) is 0.845. The van der Waals surface area contributed by atoms with Crippen molar-refractivity contribution in [3.05, 3.63) is 30.1 Å². The second kappa shape index (κ2) is 5.82. The fourth-order valence-electron chi connectivity index (χ4n) is 2.21. The molecule has 1 atom stereocenters. The Morgan fingerprint density at radius 2 is 2.39 bits per heavy atom. The first-order chi connectivity index (χ1) is 8.69. The van der Waals surface area contributed by atoms with Crippen LogP contribution in [0.4, 0.5) is 14.9 Å². The Morgan fingerprint density at radius 1 is 1.56 bits per heavy atom. The third kappa shape index (κ3) is 3.20. The number of halogens is 1. The fraction of sp³-hybridized carbons (Fsp3) is 0.462. The number of likely N-dealkylation sites (tertiary alicyclic amines) is 1. The van der Waals surface area contributed by atoms with E-state index in [9.17, 15) is 9.18 Å². The monoisotopic (exact) mass is 251 g/mol. The van der Waals surface area contributed by atoms with Gasteiger partial charge < -0.3 is 16.0 Å². The molecule has 0 aliphatic carbocycles. The van der Waals surface area contributed by atoms with E-state index in [2.05, 4.69) is 5.32 Å². The van der Waals surface area contributed by atoms with E-state index in [1.165, 1.54) is 12.1 Å². The highest BCUT2D eigenvalue weighted by Gasteiger charge is 2.22. The molecule has 2 rings (SSSR count). The molecule has 0 spiro atoms. The summed E-state index contributed by atoms with van der Waals surface area (Å²) in [6, 6.07) is 5.72. The summed E-state index contributed by atoms with van der Waals surface area (Å²) in [6.45, 7) is 2.01. The van der Waals surface area contributed by atoms with Crippen molar-refractivity contribution in [2.24, 2.45) is 11.7 Å². The number of piperidine rings is 1. The Hall–Kier alpha value is -1.62. The van der Waals surface area contributed by atoms with Gasteiger partial charge in [-0.2, -0.15) is 0 Å². The number of amides is 2. The van der Waals surface area contributed by atoms with Gasteiger partial charge in [0.15, 0.2) is 0 Å². The molecule has 1 unspecified atom stereocenters. The fourth-order valence-corrected chi connectivity index (χ4v) is 2.21. The van der Waals surface area contributed by atoms with Gasteiger partial charge in [0.1, 0.15) is 5.82 Å². The lowest BCUT2D eigenvalue weighted by molar-refractivity contribution is 0.179. The van der Waals surface area contributed by atoms with Gasteiger partial charge in [0.25, 0.3) is 0 Å². The average Bonchev–Trinajstić information content (AvgIpc) is 2.39. The van der Waals surface area contributed by atoms with Crippen LogP contribution in [-0.2, 0) is 0 Å². The highest BCUT2D eigenvalue weighted by Crippen LogP contribution is 2.17. The Bertz CT molecular complexity index is 424. The molecule has 0 bridgehead atoms. The number of rotatable bonds is 2. The Labute approximate surface area is 106 Å². The van der Waals surface area contributed by atoms with Gasteiger partial charge in [-0.15, -0.1) is 0 Å². The van der Waals surface area contributed by atoms with Crippen molar-refractivity contribution in [1.29, 1.82) is 0 Å². The second-order valence-corrected chi connectivity index (χ2v) is 4.63. The molecule has 1 aromatic rings. The molecule has 98 valence electrons. The smallest absolute Gasteiger partial charge is 0.321 e. The average molecular weight is 251 g/mol. The van der Waals surface area contributed by atoms with E-state index < -0.39 is 0 Å².